The minimum absolute atomic E-state index is 0.239. The summed E-state index contributed by atoms with van der Waals surface area (Å²) in [6.07, 6.45) is 6.60. The van der Waals surface area contributed by atoms with Crippen LogP contribution in [0.15, 0.2) is 0 Å². The Hall–Kier alpha value is 0.690. The topological polar surface area (TPSA) is 26.0 Å². The molecule has 4 unspecified atom stereocenters. The van der Waals surface area contributed by atoms with Gasteiger partial charge in [-0.05, 0) is 43.4 Å². The lowest BCUT2D eigenvalue weighted by Crippen LogP contribution is -2.30. The number of rotatable bonds is 2. The maximum atomic E-state index is 6.44. The number of nitrogens with two attached hydrogens (primary N) is 1. The number of hydrogen-bond acceptors (Lipinski definition) is 1. The second kappa shape index (κ2) is 3.86. The van der Waals surface area contributed by atoms with E-state index in [0.29, 0.717) is 3.42 Å². The van der Waals surface area contributed by atoms with E-state index in [1.165, 1.54) is 32.1 Å². The first kappa shape index (κ1) is 12.2. The summed E-state index contributed by atoms with van der Waals surface area (Å²) >= 11 is 2.73. The molecule has 0 aromatic heterocycles. The van der Waals surface area contributed by atoms with Crippen molar-refractivity contribution in [1.82, 2.24) is 0 Å². The number of halogens is 1. The summed E-state index contributed by atoms with van der Waals surface area (Å²) in [6, 6.07) is 0. The largest absolute Gasteiger partial charge is 0.325 e. The molecule has 0 spiro atoms. The van der Waals surface area contributed by atoms with Gasteiger partial charge in [-0.15, -0.1) is 0 Å². The van der Waals surface area contributed by atoms with Crippen LogP contribution in [0.2, 0.25) is 0 Å². The number of hydrogen-bond donors (Lipinski definition) is 1. The van der Waals surface area contributed by atoms with Gasteiger partial charge in [0.05, 0.1) is 0 Å². The molecule has 2 aliphatic rings. The summed E-state index contributed by atoms with van der Waals surface area (Å²) in [4.78, 5) is 0. The summed E-state index contributed by atoms with van der Waals surface area (Å²) in [5.74, 6) is 2.52. The maximum Gasteiger partial charge on any atom is 0.0248 e. The molecule has 0 radical (unpaired) electrons. The van der Waals surface area contributed by atoms with E-state index in [4.69, 9.17) is 5.73 Å². The van der Waals surface area contributed by atoms with Gasteiger partial charge in [-0.1, -0.05) is 49.8 Å². The second-order valence-electron chi connectivity index (χ2n) is 6.11. The van der Waals surface area contributed by atoms with Gasteiger partial charge in [0.15, 0.2) is 0 Å². The molecule has 0 heterocycles. The first-order chi connectivity index (χ1) is 6.91. The molecule has 2 heteroatoms. The Labute approximate surface area is 108 Å². The van der Waals surface area contributed by atoms with Crippen molar-refractivity contribution in [3.05, 3.63) is 0 Å². The van der Waals surface area contributed by atoms with E-state index in [2.05, 4.69) is 43.4 Å². The Kier molecular flexibility index (Phi) is 3.13. The first-order valence-corrected chi connectivity index (χ1v) is 7.47. The zero-order valence-electron chi connectivity index (χ0n) is 10.2. The normalized spacial score (nSPS) is 50.0. The minimum atomic E-state index is 0.239. The predicted octanol–water partition coefficient (Wildman–Crippen LogP) is 3.74. The fourth-order valence-corrected chi connectivity index (χ4v) is 4.18. The summed E-state index contributed by atoms with van der Waals surface area (Å²) < 4.78 is 0.512. The van der Waals surface area contributed by atoms with Gasteiger partial charge >= 0.3 is 0 Å². The van der Waals surface area contributed by atoms with E-state index in [0.717, 1.165) is 17.8 Å². The lowest BCUT2D eigenvalue weighted by atomic mass is 9.82. The van der Waals surface area contributed by atoms with Crippen molar-refractivity contribution >= 4 is 22.6 Å². The van der Waals surface area contributed by atoms with E-state index >= 15 is 0 Å². The quantitative estimate of drug-likeness (QED) is 0.608. The van der Waals surface area contributed by atoms with Crippen molar-refractivity contribution in [3.63, 3.8) is 0 Å². The predicted molar refractivity (Wildman–Crippen MR) is 74.2 cm³/mol. The summed E-state index contributed by atoms with van der Waals surface area (Å²) in [5, 5.41) is 0. The molecule has 88 valence electrons. The monoisotopic (exact) mass is 321 g/mol. The molecule has 0 amide bonds. The molecule has 2 N–H and O–H groups in total. The lowest BCUT2D eigenvalue weighted by Gasteiger charge is -2.34. The van der Waals surface area contributed by atoms with Gasteiger partial charge in [-0.3, -0.25) is 0 Å². The fourth-order valence-electron chi connectivity index (χ4n) is 3.35. The van der Waals surface area contributed by atoms with Gasteiger partial charge in [0.2, 0.25) is 0 Å². The van der Waals surface area contributed by atoms with Crippen LogP contribution in [0.1, 0.15) is 52.9 Å². The molecule has 4 atom stereocenters. The molecule has 2 fully saturated rings. The van der Waals surface area contributed by atoms with Crippen LogP contribution in [0.3, 0.4) is 0 Å². The molecule has 2 saturated carbocycles. The van der Waals surface area contributed by atoms with Crippen molar-refractivity contribution < 1.29 is 0 Å². The molecule has 0 aromatic carbocycles. The van der Waals surface area contributed by atoms with Crippen molar-refractivity contribution in [2.75, 3.05) is 0 Å². The van der Waals surface area contributed by atoms with Crippen molar-refractivity contribution in [1.29, 1.82) is 0 Å². The molecule has 2 aliphatic carbocycles. The Morgan fingerprint density at radius 1 is 1.33 bits per heavy atom. The zero-order valence-corrected chi connectivity index (χ0v) is 12.4. The highest BCUT2D eigenvalue weighted by molar-refractivity contribution is 14.1. The number of alkyl halides is 1. The van der Waals surface area contributed by atoms with E-state index in [9.17, 15) is 0 Å². The molecular formula is C13H24IN. The highest BCUT2D eigenvalue weighted by Gasteiger charge is 2.57. The van der Waals surface area contributed by atoms with Gasteiger partial charge in [-0.2, -0.15) is 0 Å². The van der Waals surface area contributed by atoms with Crippen LogP contribution in [-0.2, 0) is 0 Å². The standard InChI is InChI=1S/C13H24IN/c1-4-10-7-12(14,9(2)3)5-6-13(15)8-11(10)13/h9-11H,4-8,15H2,1-3H3. The van der Waals surface area contributed by atoms with Crippen LogP contribution in [0, 0.1) is 17.8 Å². The summed E-state index contributed by atoms with van der Waals surface area (Å²) in [7, 11) is 0. The Bertz CT molecular complexity index is 253. The van der Waals surface area contributed by atoms with Gasteiger partial charge < -0.3 is 5.73 Å². The Balaban J connectivity index is 2.14. The highest BCUT2D eigenvalue weighted by Crippen LogP contribution is 2.58. The Morgan fingerprint density at radius 3 is 2.53 bits per heavy atom. The highest BCUT2D eigenvalue weighted by atomic mass is 127. The third kappa shape index (κ3) is 2.08. The van der Waals surface area contributed by atoms with Crippen LogP contribution in [0.4, 0.5) is 0 Å². The minimum Gasteiger partial charge on any atom is -0.325 e. The SMILES string of the molecule is CCC1CC(I)(C(C)C)CCC2(N)CC12. The number of fused-ring (bicyclic) bond motifs is 1. The lowest BCUT2D eigenvalue weighted by molar-refractivity contribution is 0.324. The summed E-state index contributed by atoms with van der Waals surface area (Å²) in [5.41, 5.74) is 6.67. The maximum absolute atomic E-state index is 6.44. The van der Waals surface area contributed by atoms with E-state index in [-0.39, 0.29) is 5.54 Å². The molecule has 15 heavy (non-hydrogen) atoms. The van der Waals surface area contributed by atoms with E-state index < -0.39 is 0 Å². The zero-order chi connectivity index (χ0) is 11.3. The average molecular weight is 321 g/mol. The van der Waals surface area contributed by atoms with Crippen molar-refractivity contribution in [3.8, 4) is 0 Å². The molecular weight excluding hydrogens is 297 g/mol. The van der Waals surface area contributed by atoms with E-state index in [1.807, 2.05) is 0 Å². The molecule has 0 bridgehead atoms. The fraction of sp³-hybridized carbons (Fsp3) is 1.00. The molecule has 0 aromatic rings. The first-order valence-electron chi connectivity index (χ1n) is 6.39. The van der Waals surface area contributed by atoms with E-state index in [1.54, 1.807) is 0 Å². The van der Waals surface area contributed by atoms with Crippen molar-refractivity contribution in [2.45, 2.75) is 61.8 Å². The van der Waals surface area contributed by atoms with Gasteiger partial charge in [-0.25, -0.2) is 0 Å². The average Bonchev–Trinajstić information content (AvgIpc) is 2.84. The molecule has 0 aliphatic heterocycles. The van der Waals surface area contributed by atoms with Crippen LogP contribution < -0.4 is 5.73 Å². The second-order valence-corrected chi connectivity index (χ2v) is 8.25. The van der Waals surface area contributed by atoms with Gasteiger partial charge in [0.1, 0.15) is 0 Å². The van der Waals surface area contributed by atoms with Gasteiger partial charge in [0, 0.05) is 8.96 Å². The van der Waals surface area contributed by atoms with Crippen LogP contribution in [-0.4, -0.2) is 8.96 Å². The van der Waals surface area contributed by atoms with Crippen LogP contribution in [0.25, 0.3) is 0 Å². The smallest absolute Gasteiger partial charge is 0.0248 e. The van der Waals surface area contributed by atoms with Crippen molar-refractivity contribution in [2.24, 2.45) is 23.5 Å². The molecule has 0 saturated heterocycles. The molecule has 2 rings (SSSR count). The Morgan fingerprint density at radius 2 is 2.00 bits per heavy atom. The van der Waals surface area contributed by atoms with Gasteiger partial charge in [0.25, 0.3) is 0 Å². The van der Waals surface area contributed by atoms with Crippen LogP contribution in [0.5, 0.6) is 0 Å². The molecule has 1 nitrogen and oxygen atoms in total. The third-order valence-corrected chi connectivity index (χ3v) is 7.14. The van der Waals surface area contributed by atoms with Crippen LogP contribution >= 0.6 is 22.6 Å². The summed E-state index contributed by atoms with van der Waals surface area (Å²) in [6.45, 7) is 7.09. The third-order valence-electron chi connectivity index (χ3n) is 4.91.